The minimum absolute atomic E-state index is 0.0167. The molecule has 0 aromatic heterocycles. The molecule has 4 heteroatoms. The van der Waals surface area contributed by atoms with Gasteiger partial charge in [-0.05, 0) is 18.9 Å². The van der Waals surface area contributed by atoms with Crippen molar-refractivity contribution < 1.29 is 14.6 Å². The summed E-state index contributed by atoms with van der Waals surface area (Å²) in [4.78, 5) is 11.5. The molecule has 0 unspecified atom stereocenters. The highest BCUT2D eigenvalue weighted by Gasteiger charge is 2.12. The molecule has 0 aliphatic carbocycles. The molecule has 0 aliphatic rings. The topological polar surface area (TPSA) is 58.6 Å². The molecule has 1 rings (SSSR count). The molecule has 2 N–H and O–H groups in total. The fourth-order valence-electron chi connectivity index (χ4n) is 1.71. The SMILES string of the molecule is CCCCNC(=O)COc1ccccc1[C@@H](O)CC. The summed E-state index contributed by atoms with van der Waals surface area (Å²) in [6.07, 6.45) is 2.08. The molecule has 1 amide bonds. The number of benzene rings is 1. The first-order chi connectivity index (χ1) is 9.19. The summed E-state index contributed by atoms with van der Waals surface area (Å²) in [6.45, 7) is 4.64. The highest BCUT2D eigenvalue weighted by atomic mass is 16.5. The van der Waals surface area contributed by atoms with Gasteiger partial charge < -0.3 is 15.2 Å². The zero-order chi connectivity index (χ0) is 14.1. The van der Waals surface area contributed by atoms with E-state index in [0.717, 1.165) is 18.4 Å². The van der Waals surface area contributed by atoms with Crippen molar-refractivity contribution in [1.29, 1.82) is 0 Å². The molecule has 106 valence electrons. The van der Waals surface area contributed by atoms with Crippen LogP contribution in [0.5, 0.6) is 5.75 Å². The van der Waals surface area contributed by atoms with E-state index < -0.39 is 6.10 Å². The number of aliphatic hydroxyl groups excluding tert-OH is 1. The number of carbonyl (C=O) groups is 1. The molecule has 0 heterocycles. The van der Waals surface area contributed by atoms with Crippen LogP contribution in [-0.4, -0.2) is 24.2 Å². The molecule has 0 spiro atoms. The van der Waals surface area contributed by atoms with Gasteiger partial charge in [-0.15, -0.1) is 0 Å². The number of aliphatic hydroxyl groups is 1. The lowest BCUT2D eigenvalue weighted by Crippen LogP contribution is -2.29. The monoisotopic (exact) mass is 265 g/mol. The van der Waals surface area contributed by atoms with E-state index in [9.17, 15) is 9.90 Å². The molecule has 1 aromatic carbocycles. The lowest BCUT2D eigenvalue weighted by atomic mass is 10.1. The van der Waals surface area contributed by atoms with Crippen LogP contribution in [0.2, 0.25) is 0 Å². The molecule has 0 saturated heterocycles. The number of hydrogen-bond acceptors (Lipinski definition) is 3. The Labute approximate surface area is 114 Å². The standard InChI is InChI=1S/C15H23NO3/c1-3-5-10-16-15(18)11-19-14-9-7-6-8-12(14)13(17)4-2/h6-9,13,17H,3-5,10-11H2,1-2H3,(H,16,18)/t13-/m0/s1. The fraction of sp³-hybridized carbons (Fsp3) is 0.533. The van der Waals surface area contributed by atoms with Crippen LogP contribution >= 0.6 is 0 Å². The lowest BCUT2D eigenvalue weighted by Gasteiger charge is -2.14. The molecular formula is C15H23NO3. The number of unbranched alkanes of at least 4 members (excludes halogenated alkanes) is 1. The number of hydrogen-bond donors (Lipinski definition) is 2. The van der Waals surface area contributed by atoms with Crippen molar-refractivity contribution in [3.8, 4) is 5.75 Å². The third-order valence-corrected chi connectivity index (χ3v) is 2.88. The first kappa shape index (κ1) is 15.5. The quantitative estimate of drug-likeness (QED) is 0.710. The second kappa shape index (κ2) is 8.53. The predicted octanol–water partition coefficient (Wildman–Crippen LogP) is 2.43. The molecule has 0 saturated carbocycles. The molecule has 1 atom stereocenters. The van der Waals surface area contributed by atoms with Gasteiger partial charge in [0.1, 0.15) is 5.75 Å². The Morgan fingerprint density at radius 2 is 2.11 bits per heavy atom. The summed E-state index contributed by atoms with van der Waals surface area (Å²) in [5.74, 6) is 0.441. The van der Waals surface area contributed by atoms with Crippen molar-refractivity contribution in [2.45, 2.75) is 39.2 Å². The van der Waals surface area contributed by atoms with E-state index in [0.29, 0.717) is 18.7 Å². The van der Waals surface area contributed by atoms with Crippen LogP contribution in [0.25, 0.3) is 0 Å². The van der Waals surface area contributed by atoms with E-state index in [1.54, 1.807) is 6.07 Å². The van der Waals surface area contributed by atoms with Gasteiger partial charge in [-0.1, -0.05) is 38.5 Å². The van der Waals surface area contributed by atoms with E-state index in [2.05, 4.69) is 12.2 Å². The van der Waals surface area contributed by atoms with Crippen LogP contribution in [0.3, 0.4) is 0 Å². The Kier molecular flexibility index (Phi) is 6.97. The number of amides is 1. The van der Waals surface area contributed by atoms with Crippen LogP contribution in [0, 0.1) is 0 Å². The van der Waals surface area contributed by atoms with Gasteiger partial charge in [0, 0.05) is 12.1 Å². The normalized spacial score (nSPS) is 11.9. The van der Waals surface area contributed by atoms with Crippen molar-refractivity contribution in [2.24, 2.45) is 0 Å². The Hall–Kier alpha value is -1.55. The molecule has 19 heavy (non-hydrogen) atoms. The zero-order valence-corrected chi connectivity index (χ0v) is 11.7. The van der Waals surface area contributed by atoms with Crippen molar-refractivity contribution in [1.82, 2.24) is 5.32 Å². The molecule has 0 bridgehead atoms. The zero-order valence-electron chi connectivity index (χ0n) is 11.7. The van der Waals surface area contributed by atoms with Gasteiger partial charge in [-0.25, -0.2) is 0 Å². The van der Waals surface area contributed by atoms with Gasteiger partial charge in [0.05, 0.1) is 6.10 Å². The van der Waals surface area contributed by atoms with Gasteiger partial charge in [0.25, 0.3) is 5.91 Å². The highest BCUT2D eigenvalue weighted by molar-refractivity contribution is 5.77. The second-order valence-electron chi connectivity index (χ2n) is 4.45. The van der Waals surface area contributed by atoms with E-state index >= 15 is 0 Å². The molecule has 1 aromatic rings. The van der Waals surface area contributed by atoms with Gasteiger partial charge in [0.2, 0.25) is 0 Å². The van der Waals surface area contributed by atoms with Gasteiger partial charge in [-0.3, -0.25) is 4.79 Å². The van der Waals surface area contributed by atoms with Crippen molar-refractivity contribution in [3.63, 3.8) is 0 Å². The van der Waals surface area contributed by atoms with E-state index in [1.165, 1.54) is 0 Å². The van der Waals surface area contributed by atoms with Crippen LogP contribution < -0.4 is 10.1 Å². The average Bonchev–Trinajstić information content (AvgIpc) is 2.45. The first-order valence-corrected chi connectivity index (χ1v) is 6.85. The maximum atomic E-state index is 11.5. The van der Waals surface area contributed by atoms with Crippen molar-refractivity contribution in [2.75, 3.05) is 13.2 Å². The number of nitrogens with one attached hydrogen (secondary N) is 1. The summed E-state index contributed by atoms with van der Waals surface area (Å²) in [6, 6.07) is 7.27. The van der Waals surface area contributed by atoms with Crippen LogP contribution in [-0.2, 0) is 4.79 Å². The van der Waals surface area contributed by atoms with Crippen LogP contribution in [0.15, 0.2) is 24.3 Å². The maximum absolute atomic E-state index is 11.5. The third-order valence-electron chi connectivity index (χ3n) is 2.88. The fourth-order valence-corrected chi connectivity index (χ4v) is 1.71. The van der Waals surface area contributed by atoms with E-state index in [1.807, 2.05) is 25.1 Å². The number of para-hydroxylation sites is 1. The minimum Gasteiger partial charge on any atom is -0.483 e. The summed E-state index contributed by atoms with van der Waals surface area (Å²) < 4.78 is 5.48. The predicted molar refractivity (Wildman–Crippen MR) is 75.1 cm³/mol. The van der Waals surface area contributed by atoms with Crippen LogP contribution in [0.4, 0.5) is 0 Å². The lowest BCUT2D eigenvalue weighted by molar-refractivity contribution is -0.123. The molecule has 0 radical (unpaired) electrons. The smallest absolute Gasteiger partial charge is 0.257 e. The number of ether oxygens (including phenoxy) is 1. The number of rotatable bonds is 8. The number of carbonyl (C=O) groups excluding carboxylic acids is 1. The summed E-state index contributed by atoms with van der Waals surface area (Å²) >= 11 is 0. The van der Waals surface area contributed by atoms with Crippen LogP contribution in [0.1, 0.15) is 44.8 Å². The Morgan fingerprint density at radius 1 is 1.37 bits per heavy atom. The van der Waals surface area contributed by atoms with Crippen molar-refractivity contribution >= 4 is 5.91 Å². The van der Waals surface area contributed by atoms with E-state index in [-0.39, 0.29) is 12.5 Å². The summed E-state index contributed by atoms with van der Waals surface area (Å²) in [5.41, 5.74) is 0.728. The Bertz CT molecular complexity index is 393. The average molecular weight is 265 g/mol. The second-order valence-corrected chi connectivity index (χ2v) is 4.45. The maximum Gasteiger partial charge on any atom is 0.257 e. The first-order valence-electron chi connectivity index (χ1n) is 6.85. The molecule has 0 fully saturated rings. The molecule has 0 aliphatic heterocycles. The minimum atomic E-state index is -0.556. The van der Waals surface area contributed by atoms with Gasteiger partial charge >= 0.3 is 0 Å². The van der Waals surface area contributed by atoms with Gasteiger partial charge in [0.15, 0.2) is 6.61 Å². The molecule has 4 nitrogen and oxygen atoms in total. The molecular weight excluding hydrogens is 242 g/mol. The highest BCUT2D eigenvalue weighted by Crippen LogP contribution is 2.26. The summed E-state index contributed by atoms with van der Waals surface area (Å²) in [7, 11) is 0. The third kappa shape index (κ3) is 5.30. The van der Waals surface area contributed by atoms with Crippen molar-refractivity contribution in [3.05, 3.63) is 29.8 Å². The largest absolute Gasteiger partial charge is 0.483 e. The van der Waals surface area contributed by atoms with E-state index in [4.69, 9.17) is 4.74 Å². The van der Waals surface area contributed by atoms with Gasteiger partial charge in [-0.2, -0.15) is 0 Å². The summed E-state index contributed by atoms with van der Waals surface area (Å²) in [5, 5.41) is 12.7. The Balaban J connectivity index is 2.50. The Morgan fingerprint density at radius 3 is 2.79 bits per heavy atom.